The monoisotopic (exact) mass is 222 g/mol. The second-order valence-electron chi connectivity index (χ2n) is 4.62. The summed E-state index contributed by atoms with van der Waals surface area (Å²) < 4.78 is 5.28. The number of anilines is 1. The van der Waals surface area contributed by atoms with E-state index in [0.717, 1.165) is 18.8 Å². The van der Waals surface area contributed by atoms with Gasteiger partial charge in [-0.25, -0.2) is 0 Å². The molecule has 1 aliphatic rings. The number of hydrogen-bond donors (Lipinski definition) is 1. The Balaban J connectivity index is 0.00000144. The summed E-state index contributed by atoms with van der Waals surface area (Å²) in [5.74, 6) is 1.57. The predicted molar refractivity (Wildman–Crippen MR) is 69.5 cm³/mol. The first-order chi connectivity index (χ1) is 7.70. The molecule has 1 N–H and O–H groups in total. The van der Waals surface area contributed by atoms with E-state index >= 15 is 0 Å². The van der Waals surface area contributed by atoms with Gasteiger partial charge in [0.2, 0.25) is 0 Å². The zero-order valence-electron chi connectivity index (χ0n) is 10.3. The van der Waals surface area contributed by atoms with Gasteiger partial charge in [0, 0.05) is 19.6 Å². The zero-order chi connectivity index (χ0) is 11.5. The van der Waals surface area contributed by atoms with Gasteiger partial charge in [-0.2, -0.15) is 0 Å². The normalized spacial score (nSPS) is 18.4. The molecule has 1 aliphatic heterocycles. The molecule has 1 atom stereocenters. The van der Waals surface area contributed by atoms with Crippen molar-refractivity contribution in [3.63, 3.8) is 0 Å². The lowest BCUT2D eigenvalue weighted by Crippen LogP contribution is -2.16. The van der Waals surface area contributed by atoms with Crippen molar-refractivity contribution >= 4 is 5.69 Å². The third-order valence-corrected chi connectivity index (χ3v) is 3.16. The smallest absolute Gasteiger partial charge is 0.119 e. The average molecular weight is 222 g/mol. The zero-order valence-corrected chi connectivity index (χ0v) is 10.3. The molecule has 1 heterocycles. The van der Waals surface area contributed by atoms with Gasteiger partial charge in [-0.05, 0) is 50.8 Å². The Morgan fingerprint density at radius 1 is 1.50 bits per heavy atom. The highest BCUT2D eigenvalue weighted by Crippen LogP contribution is 2.35. The molecule has 0 aliphatic carbocycles. The van der Waals surface area contributed by atoms with Gasteiger partial charge >= 0.3 is 0 Å². The molecule has 0 spiro atoms. The SMILES string of the molecule is COc1ccc2c(c1)[C@@H](CCN(C)C)CN2.[HH]. The second kappa shape index (κ2) is 4.74. The van der Waals surface area contributed by atoms with Gasteiger partial charge < -0.3 is 15.0 Å². The molecule has 2 rings (SSSR count). The molecule has 0 fully saturated rings. The molecule has 1 aromatic carbocycles. The molecule has 0 aromatic heterocycles. The second-order valence-corrected chi connectivity index (χ2v) is 4.62. The molecule has 90 valence electrons. The Labute approximate surface area is 98.9 Å². The molecular weight excluding hydrogens is 200 g/mol. The number of nitrogens with one attached hydrogen (secondary N) is 1. The molecule has 1 aromatic rings. The van der Waals surface area contributed by atoms with Crippen LogP contribution in [0.1, 0.15) is 19.3 Å². The molecule has 3 heteroatoms. The fourth-order valence-corrected chi connectivity index (χ4v) is 2.18. The molecule has 3 nitrogen and oxygen atoms in total. The summed E-state index contributed by atoms with van der Waals surface area (Å²) >= 11 is 0. The van der Waals surface area contributed by atoms with E-state index < -0.39 is 0 Å². The first-order valence-corrected chi connectivity index (χ1v) is 5.77. The van der Waals surface area contributed by atoms with Gasteiger partial charge in [-0.15, -0.1) is 0 Å². The number of methoxy groups -OCH3 is 1. The van der Waals surface area contributed by atoms with Crippen molar-refractivity contribution in [2.75, 3.05) is 39.6 Å². The average Bonchev–Trinajstić information content (AvgIpc) is 2.68. The topological polar surface area (TPSA) is 24.5 Å². The third kappa shape index (κ3) is 2.30. The standard InChI is InChI=1S/C13H20N2O.H2/c1-15(2)7-6-10-9-14-13-5-4-11(16-3)8-12(10)13;/h4-5,8,10,14H,6-7,9H2,1-3H3;1H/t10-;/m0./s1. The van der Waals surface area contributed by atoms with Crippen molar-refractivity contribution in [1.82, 2.24) is 4.90 Å². The fraction of sp³-hybridized carbons (Fsp3) is 0.538. The van der Waals surface area contributed by atoms with E-state index in [9.17, 15) is 0 Å². The summed E-state index contributed by atoms with van der Waals surface area (Å²) in [6.07, 6.45) is 1.19. The maximum Gasteiger partial charge on any atom is 0.119 e. The van der Waals surface area contributed by atoms with E-state index in [1.807, 2.05) is 6.07 Å². The first-order valence-electron chi connectivity index (χ1n) is 5.77. The van der Waals surface area contributed by atoms with Crippen LogP contribution in [0.4, 0.5) is 5.69 Å². The minimum atomic E-state index is 0. The number of hydrogen-bond acceptors (Lipinski definition) is 3. The van der Waals surface area contributed by atoms with Crippen LogP contribution >= 0.6 is 0 Å². The van der Waals surface area contributed by atoms with Crippen molar-refractivity contribution in [1.29, 1.82) is 0 Å². The predicted octanol–water partition coefficient (Wildman–Crippen LogP) is 2.40. The van der Waals surface area contributed by atoms with Crippen LogP contribution in [0.15, 0.2) is 18.2 Å². The molecule has 0 amide bonds. The summed E-state index contributed by atoms with van der Waals surface area (Å²) in [6, 6.07) is 6.29. The molecular formula is C13H22N2O. The Morgan fingerprint density at radius 2 is 2.31 bits per heavy atom. The van der Waals surface area contributed by atoms with Gasteiger partial charge in [0.25, 0.3) is 0 Å². The van der Waals surface area contributed by atoms with Crippen molar-refractivity contribution in [3.05, 3.63) is 23.8 Å². The first kappa shape index (κ1) is 11.3. The largest absolute Gasteiger partial charge is 0.497 e. The highest BCUT2D eigenvalue weighted by molar-refractivity contribution is 5.60. The van der Waals surface area contributed by atoms with Crippen molar-refractivity contribution in [2.45, 2.75) is 12.3 Å². The molecule has 0 saturated heterocycles. The minimum absolute atomic E-state index is 0. The van der Waals surface area contributed by atoms with Crippen LogP contribution in [-0.4, -0.2) is 39.2 Å². The van der Waals surface area contributed by atoms with E-state index in [4.69, 9.17) is 4.74 Å². The third-order valence-electron chi connectivity index (χ3n) is 3.16. The maximum atomic E-state index is 5.28. The number of rotatable bonds is 4. The van der Waals surface area contributed by atoms with Gasteiger partial charge in [0.1, 0.15) is 5.75 Å². The van der Waals surface area contributed by atoms with Crippen LogP contribution in [-0.2, 0) is 0 Å². The summed E-state index contributed by atoms with van der Waals surface area (Å²) in [5, 5.41) is 3.45. The van der Waals surface area contributed by atoms with Gasteiger partial charge in [0.15, 0.2) is 0 Å². The molecule has 0 radical (unpaired) electrons. The fourth-order valence-electron chi connectivity index (χ4n) is 2.18. The lowest BCUT2D eigenvalue weighted by Gasteiger charge is -2.14. The van der Waals surface area contributed by atoms with Gasteiger partial charge in [-0.1, -0.05) is 0 Å². The lowest BCUT2D eigenvalue weighted by molar-refractivity contribution is 0.385. The van der Waals surface area contributed by atoms with Crippen LogP contribution in [0, 0.1) is 0 Å². The maximum absolute atomic E-state index is 5.28. The van der Waals surface area contributed by atoms with E-state index in [1.54, 1.807) is 7.11 Å². The molecule has 0 saturated carbocycles. The Bertz CT molecular complexity index is 368. The molecule has 0 bridgehead atoms. The van der Waals surface area contributed by atoms with Crippen molar-refractivity contribution < 1.29 is 6.16 Å². The Morgan fingerprint density at radius 3 is 3.00 bits per heavy atom. The summed E-state index contributed by atoms with van der Waals surface area (Å²) in [7, 11) is 5.96. The Kier molecular flexibility index (Phi) is 3.34. The highest BCUT2D eigenvalue weighted by atomic mass is 16.5. The molecule has 16 heavy (non-hydrogen) atoms. The quantitative estimate of drug-likeness (QED) is 0.846. The van der Waals surface area contributed by atoms with Crippen LogP contribution < -0.4 is 10.1 Å². The van der Waals surface area contributed by atoms with Crippen molar-refractivity contribution in [2.24, 2.45) is 0 Å². The van der Waals surface area contributed by atoms with Crippen LogP contribution in [0.5, 0.6) is 5.75 Å². The number of nitrogens with zero attached hydrogens (tertiary/aromatic N) is 1. The van der Waals surface area contributed by atoms with Crippen molar-refractivity contribution in [3.8, 4) is 5.75 Å². The van der Waals surface area contributed by atoms with E-state index in [1.165, 1.54) is 17.7 Å². The lowest BCUT2D eigenvalue weighted by atomic mass is 9.97. The minimum Gasteiger partial charge on any atom is -0.497 e. The number of ether oxygens (including phenoxy) is 1. The van der Waals surface area contributed by atoms with Gasteiger partial charge in [0.05, 0.1) is 7.11 Å². The summed E-state index contributed by atoms with van der Waals surface area (Å²) in [6.45, 7) is 2.18. The Hall–Kier alpha value is -1.22. The van der Waals surface area contributed by atoms with Gasteiger partial charge in [-0.3, -0.25) is 0 Å². The van der Waals surface area contributed by atoms with Crippen LogP contribution in [0.2, 0.25) is 0 Å². The summed E-state index contributed by atoms with van der Waals surface area (Å²) in [4.78, 5) is 2.23. The number of fused-ring (bicyclic) bond motifs is 1. The van der Waals surface area contributed by atoms with E-state index in [0.29, 0.717) is 5.92 Å². The highest BCUT2D eigenvalue weighted by Gasteiger charge is 2.22. The van der Waals surface area contributed by atoms with Crippen LogP contribution in [0.25, 0.3) is 0 Å². The van der Waals surface area contributed by atoms with Crippen LogP contribution in [0.3, 0.4) is 0 Å². The summed E-state index contributed by atoms with van der Waals surface area (Å²) in [5.41, 5.74) is 2.67. The van der Waals surface area contributed by atoms with E-state index in [2.05, 4.69) is 36.4 Å². The van der Waals surface area contributed by atoms with E-state index in [-0.39, 0.29) is 1.43 Å². The molecule has 0 unspecified atom stereocenters. The number of benzene rings is 1.